The van der Waals surface area contributed by atoms with Gasteiger partial charge in [0.15, 0.2) is 15.6 Å². The summed E-state index contributed by atoms with van der Waals surface area (Å²) in [5.74, 6) is -1.27. The van der Waals surface area contributed by atoms with E-state index in [0.29, 0.717) is 9.90 Å². The normalized spacial score (nSPS) is 11.6. The number of sulfone groups is 1. The first-order valence-electron chi connectivity index (χ1n) is 6.01. The molecular formula is C14H12Cl2O3S2. The third-order valence-electron chi connectivity index (χ3n) is 2.94. The second-order valence-electron chi connectivity index (χ2n) is 4.62. The Bertz CT molecular complexity index is 779. The van der Waals surface area contributed by atoms with Gasteiger partial charge in [-0.15, -0.1) is 11.3 Å². The largest absolute Gasteiger partial charge is 0.293 e. The minimum absolute atomic E-state index is 0.166. The Labute approximate surface area is 137 Å². The molecule has 1 aromatic heterocycles. The molecule has 0 aliphatic heterocycles. The molecule has 0 bridgehead atoms. The van der Waals surface area contributed by atoms with Crippen LogP contribution in [0.4, 0.5) is 0 Å². The smallest absolute Gasteiger partial charge is 0.180 e. The lowest BCUT2D eigenvalue weighted by Gasteiger charge is -2.06. The number of ketones is 1. The first kappa shape index (κ1) is 16.5. The van der Waals surface area contributed by atoms with Crippen molar-refractivity contribution in [3.63, 3.8) is 0 Å². The lowest BCUT2D eigenvalue weighted by molar-refractivity contribution is 0.102. The number of hydrogen-bond acceptors (Lipinski definition) is 4. The number of rotatable bonds is 5. The van der Waals surface area contributed by atoms with Crippen LogP contribution in [0, 0.1) is 6.92 Å². The molecule has 0 atom stereocenters. The molecule has 2 rings (SSSR count). The summed E-state index contributed by atoms with van der Waals surface area (Å²) in [7, 11) is -3.56. The van der Waals surface area contributed by atoms with Crippen LogP contribution >= 0.6 is 34.5 Å². The fourth-order valence-electron chi connectivity index (χ4n) is 1.87. The Balaban J connectivity index is 2.16. The van der Waals surface area contributed by atoms with Crippen LogP contribution in [0.2, 0.25) is 8.67 Å². The average Bonchev–Trinajstić information content (AvgIpc) is 2.70. The van der Waals surface area contributed by atoms with Gasteiger partial charge in [0.1, 0.15) is 10.1 Å². The number of Topliss-reactive ketones (excluding diaryl/α,β-unsaturated/α-hetero) is 1. The van der Waals surface area contributed by atoms with Crippen molar-refractivity contribution >= 4 is 50.2 Å². The highest BCUT2D eigenvalue weighted by atomic mass is 35.5. The Morgan fingerprint density at radius 2 is 1.90 bits per heavy atom. The highest BCUT2D eigenvalue weighted by molar-refractivity contribution is 7.91. The Morgan fingerprint density at radius 3 is 2.48 bits per heavy atom. The maximum Gasteiger partial charge on any atom is 0.180 e. The predicted octanol–water partition coefficient (Wildman–Crippen LogP) is 4.16. The predicted molar refractivity (Wildman–Crippen MR) is 87.3 cm³/mol. The van der Waals surface area contributed by atoms with Crippen LogP contribution in [0.15, 0.2) is 30.3 Å². The summed E-state index contributed by atoms with van der Waals surface area (Å²) in [6, 6.07) is 8.59. The molecular weight excluding hydrogens is 351 g/mol. The van der Waals surface area contributed by atoms with Gasteiger partial charge in [0.05, 0.1) is 10.1 Å². The first-order valence-corrected chi connectivity index (χ1v) is 9.41. The van der Waals surface area contributed by atoms with Crippen LogP contribution in [0.25, 0.3) is 0 Å². The van der Waals surface area contributed by atoms with Crippen molar-refractivity contribution in [3.05, 3.63) is 55.7 Å². The van der Waals surface area contributed by atoms with E-state index in [4.69, 9.17) is 23.2 Å². The van der Waals surface area contributed by atoms with Gasteiger partial charge >= 0.3 is 0 Å². The molecule has 2 aromatic rings. The number of carbonyl (C=O) groups excluding carboxylic acids is 1. The van der Waals surface area contributed by atoms with Crippen LogP contribution in [-0.2, 0) is 15.6 Å². The zero-order valence-electron chi connectivity index (χ0n) is 11.1. The number of hydrogen-bond donors (Lipinski definition) is 0. The average molecular weight is 363 g/mol. The number of thiophene rings is 1. The van der Waals surface area contributed by atoms with Crippen LogP contribution in [-0.4, -0.2) is 20.0 Å². The van der Waals surface area contributed by atoms with Gasteiger partial charge in [0.25, 0.3) is 0 Å². The first-order chi connectivity index (χ1) is 9.78. The Kier molecular flexibility index (Phi) is 5.09. The van der Waals surface area contributed by atoms with Crippen LogP contribution in [0.1, 0.15) is 21.5 Å². The SMILES string of the molecule is Cc1ccccc1CS(=O)(=O)CC(=O)c1cc(Cl)sc1Cl. The molecule has 0 radical (unpaired) electrons. The van der Waals surface area contributed by atoms with Gasteiger partial charge in [-0.3, -0.25) is 4.79 Å². The Morgan fingerprint density at radius 1 is 1.24 bits per heavy atom. The van der Waals surface area contributed by atoms with E-state index in [9.17, 15) is 13.2 Å². The third-order valence-corrected chi connectivity index (χ3v) is 5.89. The molecule has 0 amide bonds. The molecule has 21 heavy (non-hydrogen) atoms. The van der Waals surface area contributed by atoms with E-state index in [1.807, 2.05) is 19.1 Å². The maximum atomic E-state index is 12.2. The second-order valence-corrected chi connectivity index (χ2v) is 8.97. The van der Waals surface area contributed by atoms with Crippen LogP contribution in [0.5, 0.6) is 0 Å². The molecule has 0 aliphatic rings. The highest BCUT2D eigenvalue weighted by Crippen LogP contribution is 2.31. The molecule has 0 unspecified atom stereocenters. The molecule has 0 N–H and O–H groups in total. The van der Waals surface area contributed by atoms with Gasteiger partial charge in [-0.2, -0.15) is 0 Å². The summed E-state index contributed by atoms with van der Waals surface area (Å²) < 4.78 is 24.9. The molecule has 0 spiro atoms. The van der Waals surface area contributed by atoms with Crippen molar-refractivity contribution in [1.82, 2.24) is 0 Å². The molecule has 1 heterocycles. The summed E-state index contributed by atoms with van der Waals surface area (Å²) >= 11 is 12.7. The molecule has 0 aliphatic carbocycles. The van der Waals surface area contributed by atoms with Crippen molar-refractivity contribution in [1.29, 1.82) is 0 Å². The summed E-state index contributed by atoms with van der Waals surface area (Å²) in [5, 5.41) is 0. The van der Waals surface area contributed by atoms with E-state index >= 15 is 0 Å². The molecule has 112 valence electrons. The van der Waals surface area contributed by atoms with Crippen LogP contribution in [0.3, 0.4) is 0 Å². The standard InChI is InChI=1S/C14H12Cl2O3S2/c1-9-4-2-3-5-10(9)7-21(18,19)8-12(17)11-6-13(15)20-14(11)16/h2-6H,7-8H2,1H3. The van der Waals surface area contributed by atoms with Gasteiger partial charge in [0, 0.05) is 5.56 Å². The summed E-state index contributed by atoms with van der Waals surface area (Å²) in [4.78, 5) is 12.1. The number of halogens is 2. The van der Waals surface area contributed by atoms with E-state index in [1.54, 1.807) is 12.1 Å². The van der Waals surface area contributed by atoms with Crippen molar-refractivity contribution in [3.8, 4) is 0 Å². The number of carbonyl (C=O) groups is 1. The second kappa shape index (κ2) is 6.48. The number of aryl methyl sites for hydroxylation is 1. The summed E-state index contributed by atoms with van der Waals surface area (Å²) in [6.07, 6.45) is 0. The fourth-order valence-corrected chi connectivity index (χ4v) is 4.82. The van der Waals surface area contributed by atoms with Gasteiger partial charge in [0.2, 0.25) is 0 Å². The summed E-state index contributed by atoms with van der Waals surface area (Å²) in [6.45, 7) is 1.84. The highest BCUT2D eigenvalue weighted by Gasteiger charge is 2.22. The molecule has 1 aromatic carbocycles. The minimum atomic E-state index is -3.56. The molecule has 0 saturated heterocycles. The molecule has 0 fully saturated rings. The lowest BCUT2D eigenvalue weighted by atomic mass is 10.1. The van der Waals surface area contributed by atoms with Crippen molar-refractivity contribution in [2.75, 3.05) is 5.75 Å². The zero-order valence-corrected chi connectivity index (χ0v) is 14.2. The minimum Gasteiger partial charge on any atom is -0.293 e. The van der Waals surface area contributed by atoms with Gasteiger partial charge in [-0.1, -0.05) is 47.5 Å². The summed E-state index contributed by atoms with van der Waals surface area (Å²) in [5.41, 5.74) is 1.74. The molecule has 0 saturated carbocycles. The maximum absolute atomic E-state index is 12.2. The topological polar surface area (TPSA) is 51.2 Å². The van der Waals surface area contributed by atoms with Crippen molar-refractivity contribution in [2.24, 2.45) is 0 Å². The van der Waals surface area contributed by atoms with Gasteiger partial charge in [-0.05, 0) is 24.1 Å². The zero-order chi connectivity index (χ0) is 15.6. The van der Waals surface area contributed by atoms with Crippen LogP contribution < -0.4 is 0 Å². The monoisotopic (exact) mass is 362 g/mol. The Hall–Kier alpha value is -0.880. The van der Waals surface area contributed by atoms with Gasteiger partial charge < -0.3 is 0 Å². The molecule has 7 heteroatoms. The van der Waals surface area contributed by atoms with E-state index in [0.717, 1.165) is 16.9 Å². The molecule has 3 nitrogen and oxygen atoms in total. The van der Waals surface area contributed by atoms with E-state index < -0.39 is 21.4 Å². The van der Waals surface area contributed by atoms with Gasteiger partial charge in [-0.25, -0.2) is 8.42 Å². The van der Waals surface area contributed by atoms with Crippen molar-refractivity contribution in [2.45, 2.75) is 12.7 Å². The third kappa shape index (κ3) is 4.30. The van der Waals surface area contributed by atoms with E-state index in [1.165, 1.54) is 6.07 Å². The van der Waals surface area contributed by atoms with Crippen molar-refractivity contribution < 1.29 is 13.2 Å². The number of benzene rings is 1. The fraction of sp³-hybridized carbons (Fsp3) is 0.214. The lowest BCUT2D eigenvalue weighted by Crippen LogP contribution is -2.18. The van der Waals surface area contributed by atoms with E-state index in [-0.39, 0.29) is 15.7 Å². The quantitative estimate of drug-likeness (QED) is 0.750. The van der Waals surface area contributed by atoms with E-state index in [2.05, 4.69) is 0 Å².